The summed E-state index contributed by atoms with van der Waals surface area (Å²) in [5.41, 5.74) is 1.53. The van der Waals surface area contributed by atoms with Crippen LogP contribution in [-0.4, -0.2) is 17.6 Å². The van der Waals surface area contributed by atoms with Crippen molar-refractivity contribution in [1.82, 2.24) is 5.32 Å². The van der Waals surface area contributed by atoms with Crippen molar-refractivity contribution >= 4 is 17.2 Å². The van der Waals surface area contributed by atoms with E-state index in [-0.39, 0.29) is 23.6 Å². The number of rotatable bonds is 3. The highest BCUT2D eigenvalue weighted by molar-refractivity contribution is 7.10. The van der Waals surface area contributed by atoms with E-state index in [1.807, 2.05) is 18.4 Å². The largest absolute Gasteiger partial charge is 0.384 e. The second-order valence-electron chi connectivity index (χ2n) is 4.36. The number of amides is 1. The number of hydrogen-bond donors (Lipinski definition) is 2. The summed E-state index contributed by atoms with van der Waals surface area (Å²) in [6.45, 7) is 2.07. The quantitative estimate of drug-likeness (QED) is 0.856. The summed E-state index contributed by atoms with van der Waals surface area (Å²) in [6, 6.07) is 6.09. The monoisotopic (exact) mass is 303 g/mol. The Kier molecular flexibility index (Phi) is 5.09. The second kappa shape index (κ2) is 7.02. The number of aliphatic hydroxyl groups is 1. The van der Waals surface area contributed by atoms with Gasteiger partial charge in [0.25, 0.3) is 5.91 Å². The van der Waals surface area contributed by atoms with E-state index in [0.717, 1.165) is 16.5 Å². The minimum atomic E-state index is -0.573. The molecule has 0 aliphatic carbocycles. The van der Waals surface area contributed by atoms with Crippen LogP contribution in [0.5, 0.6) is 0 Å². The molecule has 0 aliphatic rings. The molecule has 0 atom stereocenters. The van der Waals surface area contributed by atoms with E-state index >= 15 is 0 Å². The summed E-state index contributed by atoms with van der Waals surface area (Å²) < 4.78 is 13.7. The first-order valence-corrected chi connectivity index (χ1v) is 7.20. The van der Waals surface area contributed by atoms with Crippen LogP contribution in [-0.2, 0) is 6.54 Å². The van der Waals surface area contributed by atoms with E-state index in [0.29, 0.717) is 6.54 Å². The molecule has 108 valence electrons. The number of nitrogens with one attached hydrogen (secondary N) is 1. The van der Waals surface area contributed by atoms with E-state index in [4.69, 9.17) is 5.11 Å². The molecule has 21 heavy (non-hydrogen) atoms. The smallest absolute Gasteiger partial charge is 0.251 e. The number of benzene rings is 1. The van der Waals surface area contributed by atoms with Gasteiger partial charge in [0.2, 0.25) is 0 Å². The topological polar surface area (TPSA) is 49.3 Å². The highest BCUT2D eigenvalue weighted by Crippen LogP contribution is 2.15. The molecule has 0 saturated carbocycles. The van der Waals surface area contributed by atoms with Crippen molar-refractivity contribution in [2.45, 2.75) is 13.5 Å². The Morgan fingerprint density at radius 3 is 2.86 bits per heavy atom. The number of carbonyl (C=O) groups excluding carboxylic acids is 1. The second-order valence-corrected chi connectivity index (χ2v) is 5.36. The highest BCUT2D eigenvalue weighted by atomic mass is 32.1. The Hall–Kier alpha value is -2.16. The molecule has 0 saturated heterocycles. The molecule has 1 aromatic carbocycles. The van der Waals surface area contributed by atoms with Crippen LogP contribution in [0.3, 0.4) is 0 Å². The first-order chi connectivity index (χ1) is 10.1. The summed E-state index contributed by atoms with van der Waals surface area (Å²) in [5, 5.41) is 13.3. The van der Waals surface area contributed by atoms with Crippen molar-refractivity contribution < 1.29 is 14.3 Å². The van der Waals surface area contributed by atoms with Crippen LogP contribution in [0.15, 0.2) is 29.6 Å². The van der Waals surface area contributed by atoms with Gasteiger partial charge in [-0.05, 0) is 42.1 Å². The van der Waals surface area contributed by atoms with Gasteiger partial charge >= 0.3 is 0 Å². The van der Waals surface area contributed by atoms with Gasteiger partial charge in [0.15, 0.2) is 0 Å². The molecule has 2 rings (SSSR count). The van der Waals surface area contributed by atoms with Crippen LogP contribution in [0.25, 0.3) is 0 Å². The molecule has 2 N–H and O–H groups in total. The van der Waals surface area contributed by atoms with Crippen molar-refractivity contribution in [1.29, 1.82) is 0 Å². The number of hydrogen-bond acceptors (Lipinski definition) is 3. The maximum Gasteiger partial charge on any atom is 0.251 e. The van der Waals surface area contributed by atoms with E-state index in [9.17, 15) is 9.18 Å². The zero-order valence-corrected chi connectivity index (χ0v) is 12.3. The molecule has 0 radical (unpaired) electrons. The van der Waals surface area contributed by atoms with Crippen LogP contribution in [0.2, 0.25) is 0 Å². The zero-order valence-electron chi connectivity index (χ0n) is 11.4. The molecule has 2 aromatic rings. The van der Waals surface area contributed by atoms with Crippen molar-refractivity contribution in [2.24, 2.45) is 0 Å². The van der Waals surface area contributed by atoms with E-state index in [1.54, 1.807) is 11.3 Å². The molecule has 0 aliphatic heterocycles. The van der Waals surface area contributed by atoms with Gasteiger partial charge in [-0.15, -0.1) is 11.3 Å². The number of thiophene rings is 1. The van der Waals surface area contributed by atoms with Gasteiger partial charge in [-0.2, -0.15) is 0 Å². The summed E-state index contributed by atoms with van der Waals surface area (Å²) >= 11 is 1.57. The molecular weight excluding hydrogens is 289 g/mol. The van der Waals surface area contributed by atoms with Crippen LogP contribution in [0, 0.1) is 24.6 Å². The SMILES string of the molecule is Cc1ccsc1CNC(=O)c1ccc(C#CCO)c(F)c1. The minimum Gasteiger partial charge on any atom is -0.384 e. The fraction of sp³-hybridized carbons (Fsp3) is 0.188. The van der Waals surface area contributed by atoms with E-state index in [1.165, 1.54) is 12.1 Å². The summed E-state index contributed by atoms with van der Waals surface area (Å²) in [7, 11) is 0. The third-order valence-corrected chi connectivity index (χ3v) is 3.93. The first kappa shape index (κ1) is 15.2. The van der Waals surface area contributed by atoms with Crippen LogP contribution in [0.1, 0.15) is 26.4 Å². The van der Waals surface area contributed by atoms with Gasteiger partial charge in [-0.25, -0.2) is 4.39 Å². The van der Waals surface area contributed by atoms with E-state index < -0.39 is 5.82 Å². The third-order valence-electron chi connectivity index (χ3n) is 2.91. The molecule has 0 bridgehead atoms. The molecule has 1 aromatic heterocycles. The minimum absolute atomic E-state index is 0.162. The average molecular weight is 303 g/mol. The predicted molar refractivity (Wildman–Crippen MR) is 80.6 cm³/mol. The standard InChI is InChI=1S/C16H14FNO2S/c1-11-6-8-21-15(11)10-18-16(20)13-5-4-12(3-2-7-19)14(17)9-13/h4-6,8-9,19H,7,10H2,1H3,(H,18,20). The molecule has 3 nitrogen and oxygen atoms in total. The zero-order chi connectivity index (χ0) is 15.2. The van der Waals surface area contributed by atoms with Gasteiger partial charge in [-0.3, -0.25) is 4.79 Å². The molecule has 0 unspecified atom stereocenters. The molecule has 0 spiro atoms. The molecule has 0 fully saturated rings. The summed E-state index contributed by atoms with van der Waals surface area (Å²) in [6.07, 6.45) is 0. The van der Waals surface area contributed by atoms with Gasteiger partial charge in [0.05, 0.1) is 12.1 Å². The van der Waals surface area contributed by atoms with E-state index in [2.05, 4.69) is 17.2 Å². The fourth-order valence-electron chi connectivity index (χ4n) is 1.74. The van der Waals surface area contributed by atoms with Crippen LogP contribution in [0.4, 0.5) is 4.39 Å². The van der Waals surface area contributed by atoms with Crippen LogP contribution >= 0.6 is 11.3 Å². The number of aliphatic hydroxyl groups excluding tert-OH is 1. The Morgan fingerprint density at radius 1 is 1.43 bits per heavy atom. The molecule has 1 heterocycles. The third kappa shape index (κ3) is 3.91. The molecular formula is C16H14FNO2S. The number of halogens is 1. The number of carbonyl (C=O) groups is 1. The van der Waals surface area contributed by atoms with Crippen molar-refractivity contribution in [2.75, 3.05) is 6.61 Å². The van der Waals surface area contributed by atoms with Gasteiger partial charge in [0, 0.05) is 10.4 Å². The van der Waals surface area contributed by atoms with Crippen molar-refractivity contribution in [3.05, 3.63) is 57.0 Å². The maximum absolute atomic E-state index is 13.7. The normalized spacial score (nSPS) is 9.86. The lowest BCUT2D eigenvalue weighted by atomic mass is 10.1. The summed E-state index contributed by atoms with van der Waals surface area (Å²) in [4.78, 5) is 13.1. The lowest BCUT2D eigenvalue weighted by Gasteiger charge is -2.05. The van der Waals surface area contributed by atoms with Gasteiger partial charge in [0.1, 0.15) is 12.4 Å². The van der Waals surface area contributed by atoms with Crippen molar-refractivity contribution in [3.8, 4) is 11.8 Å². The highest BCUT2D eigenvalue weighted by Gasteiger charge is 2.09. The lowest BCUT2D eigenvalue weighted by molar-refractivity contribution is 0.0951. The first-order valence-electron chi connectivity index (χ1n) is 6.32. The van der Waals surface area contributed by atoms with Crippen molar-refractivity contribution in [3.63, 3.8) is 0 Å². The fourth-order valence-corrected chi connectivity index (χ4v) is 2.59. The predicted octanol–water partition coefficient (Wildman–Crippen LogP) is 2.47. The van der Waals surface area contributed by atoms with Gasteiger partial charge < -0.3 is 10.4 Å². The molecule has 1 amide bonds. The average Bonchev–Trinajstić information content (AvgIpc) is 2.88. The summed E-state index contributed by atoms with van der Waals surface area (Å²) in [5.74, 6) is 3.95. The number of aryl methyl sites for hydroxylation is 1. The maximum atomic E-state index is 13.7. The molecule has 5 heteroatoms. The Labute approximate surface area is 126 Å². The lowest BCUT2D eigenvalue weighted by Crippen LogP contribution is -2.22. The van der Waals surface area contributed by atoms with Crippen LogP contribution < -0.4 is 5.32 Å². The van der Waals surface area contributed by atoms with Gasteiger partial charge in [-0.1, -0.05) is 11.8 Å². The Bertz CT molecular complexity index is 713. The Balaban J connectivity index is 2.06. The Morgan fingerprint density at radius 2 is 2.24 bits per heavy atom.